The maximum atomic E-state index is 12.3. The summed E-state index contributed by atoms with van der Waals surface area (Å²) in [5, 5.41) is -0.491. The molecular weight excluding hydrogens is 315 g/mol. The lowest BCUT2D eigenvalue weighted by Gasteiger charge is -2.32. The molecule has 0 amide bonds. The molecule has 1 aliphatic heterocycles. The van der Waals surface area contributed by atoms with Crippen molar-refractivity contribution in [1.29, 1.82) is 0 Å². The van der Waals surface area contributed by atoms with Crippen molar-refractivity contribution < 1.29 is 22.5 Å². The zero-order valence-electron chi connectivity index (χ0n) is 14.8. The van der Waals surface area contributed by atoms with Gasteiger partial charge in [-0.3, -0.25) is 0 Å². The van der Waals surface area contributed by atoms with Crippen molar-refractivity contribution in [3.63, 3.8) is 0 Å². The number of hydrogen-bond acceptors (Lipinski definition) is 5. The standard InChI is InChI=1S/C16H25BO5S/c1-11(2)23(18,19)12-8-9-13(14(10-12)20-7)17-21-15(3,4)16(5,6)22-17/h8-11H,1-7H3. The molecule has 1 heterocycles. The molecule has 0 aromatic heterocycles. The number of benzene rings is 1. The normalized spacial score (nSPS) is 20.1. The molecule has 1 fully saturated rings. The third-order valence-electron chi connectivity index (χ3n) is 4.66. The predicted molar refractivity (Wildman–Crippen MR) is 91.0 cm³/mol. The summed E-state index contributed by atoms with van der Waals surface area (Å²) in [5.74, 6) is 0.449. The molecule has 0 atom stereocenters. The topological polar surface area (TPSA) is 61.8 Å². The fourth-order valence-electron chi connectivity index (χ4n) is 2.31. The van der Waals surface area contributed by atoms with E-state index in [0.717, 1.165) is 0 Å². The van der Waals surface area contributed by atoms with Crippen LogP contribution in [-0.4, -0.2) is 39.1 Å². The molecule has 0 radical (unpaired) electrons. The molecule has 1 aliphatic rings. The van der Waals surface area contributed by atoms with Gasteiger partial charge in [0.05, 0.1) is 28.5 Å². The highest BCUT2D eigenvalue weighted by molar-refractivity contribution is 7.92. The van der Waals surface area contributed by atoms with Gasteiger partial charge in [0.1, 0.15) is 5.75 Å². The van der Waals surface area contributed by atoms with E-state index in [-0.39, 0.29) is 4.90 Å². The Kier molecular flexibility index (Phi) is 4.61. The fraction of sp³-hybridized carbons (Fsp3) is 0.625. The Morgan fingerprint density at radius 2 is 1.61 bits per heavy atom. The smallest absolute Gasteiger partial charge is 0.497 e. The van der Waals surface area contributed by atoms with E-state index in [1.807, 2.05) is 27.7 Å². The van der Waals surface area contributed by atoms with Crippen LogP contribution in [0.5, 0.6) is 5.75 Å². The van der Waals surface area contributed by atoms with Gasteiger partial charge in [-0.25, -0.2) is 8.42 Å². The molecule has 5 nitrogen and oxygen atoms in total. The second-order valence-electron chi connectivity index (χ2n) is 7.09. The van der Waals surface area contributed by atoms with Crippen molar-refractivity contribution in [1.82, 2.24) is 0 Å². The third-order valence-corrected chi connectivity index (χ3v) is 6.81. The van der Waals surface area contributed by atoms with E-state index in [1.54, 1.807) is 26.0 Å². The van der Waals surface area contributed by atoms with Crippen LogP contribution in [0.3, 0.4) is 0 Å². The molecule has 2 rings (SSSR count). The first-order chi connectivity index (χ1) is 10.4. The van der Waals surface area contributed by atoms with E-state index >= 15 is 0 Å². The number of ether oxygens (including phenoxy) is 1. The highest BCUT2D eigenvalue weighted by atomic mass is 32.2. The Balaban J connectivity index is 2.43. The van der Waals surface area contributed by atoms with Gasteiger partial charge in [-0.2, -0.15) is 0 Å². The summed E-state index contributed by atoms with van der Waals surface area (Å²) in [6.45, 7) is 11.2. The molecule has 128 valence electrons. The Labute approximate surface area is 139 Å². The van der Waals surface area contributed by atoms with Crippen LogP contribution in [0.25, 0.3) is 0 Å². The van der Waals surface area contributed by atoms with Crippen molar-refractivity contribution in [3.05, 3.63) is 18.2 Å². The minimum Gasteiger partial charge on any atom is -0.497 e. The van der Waals surface area contributed by atoms with Gasteiger partial charge < -0.3 is 14.0 Å². The van der Waals surface area contributed by atoms with Crippen LogP contribution < -0.4 is 10.2 Å². The number of sulfone groups is 1. The van der Waals surface area contributed by atoms with Gasteiger partial charge in [0.2, 0.25) is 0 Å². The molecular formula is C16H25BO5S. The summed E-state index contributed by atoms with van der Waals surface area (Å²) in [4.78, 5) is 0.240. The van der Waals surface area contributed by atoms with E-state index < -0.39 is 33.4 Å². The van der Waals surface area contributed by atoms with Crippen molar-refractivity contribution in [2.24, 2.45) is 0 Å². The first-order valence-electron chi connectivity index (χ1n) is 7.70. The molecule has 0 aliphatic carbocycles. The molecule has 1 aromatic carbocycles. The monoisotopic (exact) mass is 340 g/mol. The second kappa shape index (κ2) is 5.79. The average Bonchev–Trinajstić information content (AvgIpc) is 2.66. The first kappa shape index (κ1) is 18.3. The van der Waals surface area contributed by atoms with Crippen LogP contribution in [0.4, 0.5) is 0 Å². The second-order valence-corrected chi connectivity index (χ2v) is 9.59. The summed E-state index contributed by atoms with van der Waals surface area (Å²) in [6, 6.07) is 4.82. The number of rotatable bonds is 4. The molecule has 1 saturated heterocycles. The zero-order chi connectivity index (χ0) is 17.6. The molecule has 0 unspecified atom stereocenters. The van der Waals surface area contributed by atoms with E-state index in [0.29, 0.717) is 11.2 Å². The molecule has 23 heavy (non-hydrogen) atoms. The number of methoxy groups -OCH3 is 1. The van der Waals surface area contributed by atoms with Crippen LogP contribution in [0.2, 0.25) is 0 Å². The first-order valence-corrected chi connectivity index (χ1v) is 9.24. The van der Waals surface area contributed by atoms with Gasteiger partial charge in [-0.1, -0.05) is 6.07 Å². The predicted octanol–water partition coefficient (Wildman–Crippen LogP) is 2.18. The van der Waals surface area contributed by atoms with Gasteiger partial charge in [0.25, 0.3) is 0 Å². The van der Waals surface area contributed by atoms with E-state index in [9.17, 15) is 8.42 Å². The van der Waals surface area contributed by atoms with E-state index in [4.69, 9.17) is 14.0 Å². The lowest BCUT2D eigenvalue weighted by atomic mass is 9.78. The quantitative estimate of drug-likeness (QED) is 0.786. The molecule has 0 bridgehead atoms. The molecule has 1 aromatic rings. The van der Waals surface area contributed by atoms with Crippen LogP contribution in [-0.2, 0) is 19.1 Å². The minimum atomic E-state index is -3.36. The van der Waals surface area contributed by atoms with Crippen molar-refractivity contribution >= 4 is 22.4 Å². The summed E-state index contributed by atoms with van der Waals surface area (Å²) >= 11 is 0. The van der Waals surface area contributed by atoms with Crippen LogP contribution in [0, 0.1) is 0 Å². The fourth-order valence-corrected chi connectivity index (χ4v) is 3.38. The van der Waals surface area contributed by atoms with Crippen molar-refractivity contribution in [2.45, 2.75) is 62.9 Å². The largest absolute Gasteiger partial charge is 0.498 e. The molecule has 0 saturated carbocycles. The average molecular weight is 340 g/mol. The third kappa shape index (κ3) is 3.14. The molecule has 0 N–H and O–H groups in total. The van der Waals surface area contributed by atoms with Crippen molar-refractivity contribution in [2.75, 3.05) is 7.11 Å². The summed E-state index contributed by atoms with van der Waals surface area (Å²) in [7, 11) is -2.44. The van der Waals surface area contributed by atoms with Crippen LogP contribution >= 0.6 is 0 Å². The maximum absolute atomic E-state index is 12.3. The Morgan fingerprint density at radius 3 is 2.04 bits per heavy atom. The van der Waals surface area contributed by atoms with Gasteiger partial charge >= 0.3 is 7.12 Å². The molecule has 7 heteroatoms. The van der Waals surface area contributed by atoms with Gasteiger partial charge in [0, 0.05) is 5.46 Å². The highest BCUT2D eigenvalue weighted by Gasteiger charge is 2.52. The van der Waals surface area contributed by atoms with E-state index in [1.165, 1.54) is 13.2 Å². The van der Waals surface area contributed by atoms with Gasteiger partial charge in [0.15, 0.2) is 9.84 Å². The summed E-state index contributed by atoms with van der Waals surface area (Å²) < 4.78 is 42.1. The van der Waals surface area contributed by atoms with Gasteiger partial charge in [-0.15, -0.1) is 0 Å². The molecule has 0 spiro atoms. The van der Waals surface area contributed by atoms with Gasteiger partial charge in [-0.05, 0) is 53.7 Å². The van der Waals surface area contributed by atoms with Crippen LogP contribution in [0.15, 0.2) is 23.1 Å². The maximum Gasteiger partial charge on any atom is 0.498 e. The number of hydrogen-bond donors (Lipinski definition) is 0. The Bertz CT molecular complexity index is 678. The Hall–Kier alpha value is -1.05. The van der Waals surface area contributed by atoms with Crippen molar-refractivity contribution in [3.8, 4) is 5.75 Å². The zero-order valence-corrected chi connectivity index (χ0v) is 15.7. The lowest BCUT2D eigenvalue weighted by Crippen LogP contribution is -2.41. The summed E-state index contributed by atoms with van der Waals surface area (Å²) in [6.07, 6.45) is 0. The summed E-state index contributed by atoms with van der Waals surface area (Å²) in [5.41, 5.74) is -0.245. The van der Waals surface area contributed by atoms with Crippen LogP contribution in [0.1, 0.15) is 41.5 Å². The SMILES string of the molecule is COc1cc(S(=O)(=O)C(C)C)ccc1B1OC(C)(C)C(C)(C)O1. The lowest BCUT2D eigenvalue weighted by molar-refractivity contribution is 0.00578. The van der Waals surface area contributed by atoms with E-state index in [2.05, 4.69) is 0 Å². The Morgan fingerprint density at radius 1 is 1.09 bits per heavy atom. The minimum absolute atomic E-state index is 0.240. The highest BCUT2D eigenvalue weighted by Crippen LogP contribution is 2.37.